The molecule has 3 nitrogen and oxygen atoms in total. The van der Waals surface area contributed by atoms with E-state index in [1.807, 2.05) is 32.9 Å². The number of hydrogen-bond donors (Lipinski definition) is 0. The summed E-state index contributed by atoms with van der Waals surface area (Å²) in [7, 11) is -3.37. The van der Waals surface area contributed by atoms with Gasteiger partial charge in [0.1, 0.15) is 0 Å². The Morgan fingerprint density at radius 2 is 1.75 bits per heavy atom. The highest BCUT2D eigenvalue weighted by Crippen LogP contribution is 2.30. The Hall–Kier alpha value is -0.870. The minimum atomic E-state index is -3.37. The van der Waals surface area contributed by atoms with Gasteiger partial charge in [-0.25, -0.2) is 8.42 Å². The number of piperidine rings is 1. The van der Waals surface area contributed by atoms with Crippen molar-refractivity contribution < 1.29 is 8.42 Å². The van der Waals surface area contributed by atoms with Gasteiger partial charge in [-0.1, -0.05) is 31.0 Å². The van der Waals surface area contributed by atoms with Crippen molar-refractivity contribution in [2.24, 2.45) is 0 Å². The monoisotopic (exact) mass is 295 g/mol. The van der Waals surface area contributed by atoms with E-state index in [4.69, 9.17) is 0 Å². The van der Waals surface area contributed by atoms with Crippen molar-refractivity contribution in [2.75, 3.05) is 6.54 Å². The van der Waals surface area contributed by atoms with Gasteiger partial charge in [0.2, 0.25) is 10.0 Å². The first-order chi connectivity index (χ1) is 9.37. The molecule has 0 bridgehead atoms. The molecule has 0 aromatic heterocycles. The minimum Gasteiger partial charge on any atom is -0.207 e. The Morgan fingerprint density at radius 3 is 2.30 bits per heavy atom. The molecule has 0 N–H and O–H groups in total. The van der Waals surface area contributed by atoms with E-state index in [1.165, 1.54) is 0 Å². The van der Waals surface area contributed by atoms with Gasteiger partial charge >= 0.3 is 0 Å². The summed E-state index contributed by atoms with van der Waals surface area (Å²) in [5.74, 6) is 0. The molecule has 4 heteroatoms. The van der Waals surface area contributed by atoms with E-state index in [0.717, 1.165) is 42.4 Å². The highest BCUT2D eigenvalue weighted by Gasteiger charge is 2.34. The van der Waals surface area contributed by atoms with Crippen molar-refractivity contribution in [2.45, 2.75) is 64.3 Å². The standard InChI is InChI=1S/C16H25NO2S/c1-5-15-8-6-7-9-17(15)20(18,19)16-13(3)10-12(2)11-14(16)4/h10-11,15H,5-9H2,1-4H3/t15-/m0/s1. The lowest BCUT2D eigenvalue weighted by molar-refractivity contribution is 0.246. The fraction of sp³-hybridized carbons (Fsp3) is 0.625. The maximum absolute atomic E-state index is 13.0. The van der Waals surface area contributed by atoms with E-state index in [2.05, 4.69) is 6.92 Å². The van der Waals surface area contributed by atoms with Gasteiger partial charge in [0.15, 0.2) is 0 Å². The predicted octanol–water partition coefficient (Wildman–Crippen LogP) is 3.57. The predicted molar refractivity (Wildman–Crippen MR) is 82.5 cm³/mol. The second-order valence-electron chi connectivity index (χ2n) is 5.90. The maximum atomic E-state index is 13.0. The summed E-state index contributed by atoms with van der Waals surface area (Å²) < 4.78 is 27.8. The zero-order valence-corrected chi connectivity index (χ0v) is 13.8. The summed E-state index contributed by atoms with van der Waals surface area (Å²) in [6.07, 6.45) is 3.99. The van der Waals surface area contributed by atoms with Crippen LogP contribution in [0.25, 0.3) is 0 Å². The highest BCUT2D eigenvalue weighted by atomic mass is 32.2. The third kappa shape index (κ3) is 2.77. The molecule has 1 aromatic rings. The third-order valence-electron chi connectivity index (χ3n) is 4.22. The number of benzene rings is 1. The average molecular weight is 295 g/mol. The SMILES string of the molecule is CC[C@H]1CCCCN1S(=O)(=O)c1c(C)cc(C)cc1C. The first kappa shape index (κ1) is 15.5. The van der Waals surface area contributed by atoms with E-state index < -0.39 is 10.0 Å². The molecule has 1 heterocycles. The molecule has 0 unspecified atom stereocenters. The fourth-order valence-corrected chi connectivity index (χ4v) is 5.57. The molecule has 112 valence electrons. The van der Waals surface area contributed by atoms with Crippen molar-refractivity contribution >= 4 is 10.0 Å². The van der Waals surface area contributed by atoms with Crippen molar-refractivity contribution in [1.82, 2.24) is 4.31 Å². The molecule has 1 aliphatic rings. The van der Waals surface area contributed by atoms with Crippen LogP contribution < -0.4 is 0 Å². The van der Waals surface area contributed by atoms with Gasteiger partial charge in [-0.3, -0.25) is 0 Å². The van der Waals surface area contributed by atoms with Crippen LogP contribution in [0.15, 0.2) is 17.0 Å². The second kappa shape index (κ2) is 5.86. The van der Waals surface area contributed by atoms with Crippen LogP contribution in [-0.4, -0.2) is 25.3 Å². The van der Waals surface area contributed by atoms with Crippen LogP contribution in [0.4, 0.5) is 0 Å². The molecule has 1 atom stereocenters. The lowest BCUT2D eigenvalue weighted by Gasteiger charge is -2.34. The fourth-order valence-electron chi connectivity index (χ4n) is 3.39. The van der Waals surface area contributed by atoms with Crippen molar-refractivity contribution in [3.8, 4) is 0 Å². The Labute approximate surface area is 123 Å². The Kier molecular flexibility index (Phi) is 4.55. The van der Waals surface area contributed by atoms with Crippen LogP contribution in [0.3, 0.4) is 0 Å². The maximum Gasteiger partial charge on any atom is 0.243 e. The number of rotatable bonds is 3. The Balaban J connectivity index is 2.49. The lowest BCUT2D eigenvalue weighted by Crippen LogP contribution is -2.43. The molecule has 0 saturated carbocycles. The summed E-state index contributed by atoms with van der Waals surface area (Å²) >= 11 is 0. The normalized spacial score (nSPS) is 21.1. The van der Waals surface area contributed by atoms with E-state index in [1.54, 1.807) is 4.31 Å². The molecular formula is C16H25NO2S. The number of nitrogens with zero attached hydrogens (tertiary/aromatic N) is 1. The molecule has 1 fully saturated rings. The molecule has 1 aromatic carbocycles. The van der Waals surface area contributed by atoms with Gasteiger partial charge in [-0.2, -0.15) is 4.31 Å². The van der Waals surface area contributed by atoms with Gasteiger partial charge in [-0.05, 0) is 51.2 Å². The molecule has 0 amide bonds. The molecule has 0 spiro atoms. The smallest absolute Gasteiger partial charge is 0.207 e. The Morgan fingerprint density at radius 1 is 1.15 bits per heavy atom. The largest absolute Gasteiger partial charge is 0.243 e. The van der Waals surface area contributed by atoms with Crippen LogP contribution in [0.2, 0.25) is 0 Å². The summed E-state index contributed by atoms with van der Waals surface area (Å²) in [5, 5.41) is 0. The summed E-state index contributed by atoms with van der Waals surface area (Å²) in [6, 6.07) is 4.09. The topological polar surface area (TPSA) is 37.4 Å². The van der Waals surface area contributed by atoms with Crippen LogP contribution >= 0.6 is 0 Å². The van der Waals surface area contributed by atoms with E-state index in [9.17, 15) is 8.42 Å². The van der Waals surface area contributed by atoms with Crippen molar-refractivity contribution in [3.63, 3.8) is 0 Å². The third-order valence-corrected chi connectivity index (χ3v) is 6.47. The van der Waals surface area contributed by atoms with Crippen molar-refractivity contribution in [3.05, 3.63) is 28.8 Å². The summed E-state index contributed by atoms with van der Waals surface area (Å²) in [5.41, 5.74) is 2.84. The summed E-state index contributed by atoms with van der Waals surface area (Å²) in [6.45, 7) is 8.54. The van der Waals surface area contributed by atoms with Gasteiger partial charge in [0, 0.05) is 12.6 Å². The molecular weight excluding hydrogens is 270 g/mol. The van der Waals surface area contributed by atoms with Gasteiger partial charge in [0.25, 0.3) is 0 Å². The first-order valence-corrected chi connectivity index (χ1v) is 8.91. The van der Waals surface area contributed by atoms with Gasteiger partial charge in [-0.15, -0.1) is 0 Å². The lowest BCUT2D eigenvalue weighted by atomic mass is 10.0. The minimum absolute atomic E-state index is 0.161. The van der Waals surface area contributed by atoms with E-state index >= 15 is 0 Å². The molecule has 0 aliphatic carbocycles. The van der Waals surface area contributed by atoms with E-state index in [0.29, 0.717) is 11.4 Å². The highest BCUT2D eigenvalue weighted by molar-refractivity contribution is 7.89. The zero-order valence-electron chi connectivity index (χ0n) is 12.9. The zero-order chi connectivity index (χ0) is 14.9. The van der Waals surface area contributed by atoms with Crippen LogP contribution in [0.1, 0.15) is 49.3 Å². The molecule has 20 heavy (non-hydrogen) atoms. The quantitative estimate of drug-likeness (QED) is 0.855. The Bertz CT molecular complexity index is 569. The van der Waals surface area contributed by atoms with Crippen LogP contribution in [-0.2, 0) is 10.0 Å². The van der Waals surface area contributed by atoms with Gasteiger partial charge < -0.3 is 0 Å². The van der Waals surface area contributed by atoms with Crippen molar-refractivity contribution in [1.29, 1.82) is 0 Å². The van der Waals surface area contributed by atoms with E-state index in [-0.39, 0.29) is 6.04 Å². The molecule has 0 radical (unpaired) electrons. The average Bonchev–Trinajstić information content (AvgIpc) is 2.37. The molecule has 1 aliphatic heterocycles. The number of sulfonamides is 1. The number of hydrogen-bond acceptors (Lipinski definition) is 2. The van der Waals surface area contributed by atoms with Crippen LogP contribution in [0.5, 0.6) is 0 Å². The number of aryl methyl sites for hydroxylation is 3. The van der Waals surface area contributed by atoms with Crippen LogP contribution in [0, 0.1) is 20.8 Å². The van der Waals surface area contributed by atoms with Gasteiger partial charge in [0.05, 0.1) is 4.90 Å². The molecule has 2 rings (SSSR count). The molecule has 1 saturated heterocycles. The summed E-state index contributed by atoms with van der Waals surface area (Å²) in [4.78, 5) is 0.517. The second-order valence-corrected chi connectivity index (χ2v) is 7.73. The first-order valence-electron chi connectivity index (χ1n) is 7.47.